The predicted molar refractivity (Wildman–Crippen MR) is 91.0 cm³/mol. The fraction of sp³-hybridized carbons (Fsp3) is 0.105. The Morgan fingerprint density at radius 1 is 0.696 bits per heavy atom. The first-order valence-corrected chi connectivity index (χ1v) is 7.23. The van der Waals surface area contributed by atoms with Crippen LogP contribution in [0.4, 0.5) is 0 Å². The fourth-order valence-electron chi connectivity index (χ4n) is 2.42. The molecule has 0 atom stereocenters. The SMILES string of the molecule is COc1ccc(-c2cc(-c3ccc(OC)cc3)[nH]c(=O)c2)cc1. The van der Waals surface area contributed by atoms with Crippen LogP contribution in [0.5, 0.6) is 11.5 Å². The number of methoxy groups -OCH3 is 2. The molecule has 0 aliphatic rings. The van der Waals surface area contributed by atoms with E-state index in [4.69, 9.17) is 9.47 Å². The molecule has 0 aliphatic heterocycles. The van der Waals surface area contributed by atoms with Gasteiger partial charge in [-0.2, -0.15) is 0 Å². The minimum Gasteiger partial charge on any atom is -0.497 e. The second-order valence-corrected chi connectivity index (χ2v) is 5.10. The van der Waals surface area contributed by atoms with Crippen molar-refractivity contribution in [3.05, 3.63) is 71.0 Å². The highest BCUT2D eigenvalue weighted by atomic mass is 16.5. The Labute approximate surface area is 134 Å². The van der Waals surface area contributed by atoms with Gasteiger partial charge < -0.3 is 14.5 Å². The van der Waals surface area contributed by atoms with E-state index in [-0.39, 0.29) is 5.56 Å². The number of hydrogen-bond acceptors (Lipinski definition) is 3. The first-order chi connectivity index (χ1) is 11.2. The normalized spacial score (nSPS) is 10.3. The lowest BCUT2D eigenvalue weighted by Gasteiger charge is -2.07. The van der Waals surface area contributed by atoms with Gasteiger partial charge in [-0.1, -0.05) is 12.1 Å². The van der Waals surface area contributed by atoms with E-state index in [1.54, 1.807) is 20.3 Å². The maximum atomic E-state index is 12.0. The molecule has 23 heavy (non-hydrogen) atoms. The predicted octanol–water partition coefficient (Wildman–Crippen LogP) is 3.73. The molecule has 4 nitrogen and oxygen atoms in total. The molecule has 116 valence electrons. The largest absolute Gasteiger partial charge is 0.497 e. The summed E-state index contributed by atoms with van der Waals surface area (Å²) in [7, 11) is 3.26. The van der Waals surface area contributed by atoms with Gasteiger partial charge in [-0.3, -0.25) is 4.79 Å². The molecule has 0 amide bonds. The van der Waals surface area contributed by atoms with Crippen molar-refractivity contribution in [2.24, 2.45) is 0 Å². The summed E-state index contributed by atoms with van der Waals surface area (Å²) in [4.78, 5) is 14.9. The maximum Gasteiger partial charge on any atom is 0.249 e. The van der Waals surface area contributed by atoms with Crippen molar-refractivity contribution in [1.29, 1.82) is 0 Å². The minimum absolute atomic E-state index is 0.135. The Hall–Kier alpha value is -3.01. The summed E-state index contributed by atoms with van der Waals surface area (Å²) in [6, 6.07) is 18.8. The van der Waals surface area contributed by atoms with Crippen LogP contribution in [-0.2, 0) is 0 Å². The number of benzene rings is 2. The van der Waals surface area contributed by atoms with Crippen molar-refractivity contribution in [2.45, 2.75) is 0 Å². The second kappa shape index (κ2) is 6.40. The first kappa shape index (κ1) is 14.9. The van der Waals surface area contributed by atoms with Gasteiger partial charge in [0.1, 0.15) is 11.5 Å². The zero-order valence-corrected chi connectivity index (χ0v) is 13.0. The van der Waals surface area contributed by atoms with Crippen LogP contribution in [0.1, 0.15) is 0 Å². The quantitative estimate of drug-likeness (QED) is 0.799. The van der Waals surface area contributed by atoms with E-state index in [0.717, 1.165) is 33.9 Å². The monoisotopic (exact) mass is 307 g/mol. The zero-order chi connectivity index (χ0) is 16.2. The van der Waals surface area contributed by atoms with E-state index in [1.165, 1.54) is 0 Å². The van der Waals surface area contributed by atoms with Gasteiger partial charge in [0, 0.05) is 11.8 Å². The average Bonchev–Trinajstić information content (AvgIpc) is 2.61. The number of rotatable bonds is 4. The molecular weight excluding hydrogens is 290 g/mol. The highest BCUT2D eigenvalue weighted by Crippen LogP contribution is 2.26. The standard InChI is InChI=1S/C19H17NO3/c1-22-16-7-3-13(4-8-16)15-11-18(20-19(21)12-15)14-5-9-17(23-2)10-6-14/h3-12H,1-2H3,(H,20,21). The lowest BCUT2D eigenvalue weighted by Crippen LogP contribution is -2.05. The van der Waals surface area contributed by atoms with Gasteiger partial charge in [0.2, 0.25) is 5.56 Å². The topological polar surface area (TPSA) is 51.3 Å². The number of aromatic nitrogens is 1. The van der Waals surface area contributed by atoms with Gasteiger partial charge >= 0.3 is 0 Å². The number of pyridine rings is 1. The van der Waals surface area contributed by atoms with E-state index in [2.05, 4.69) is 4.98 Å². The van der Waals surface area contributed by atoms with Crippen LogP contribution in [0.25, 0.3) is 22.4 Å². The van der Waals surface area contributed by atoms with Crippen LogP contribution in [0, 0.1) is 0 Å². The maximum absolute atomic E-state index is 12.0. The van der Waals surface area contributed by atoms with Crippen LogP contribution in [-0.4, -0.2) is 19.2 Å². The fourth-order valence-corrected chi connectivity index (χ4v) is 2.42. The van der Waals surface area contributed by atoms with Crippen molar-refractivity contribution in [2.75, 3.05) is 14.2 Å². The number of nitrogens with one attached hydrogen (secondary N) is 1. The molecule has 0 radical (unpaired) electrons. The third-order valence-corrected chi connectivity index (χ3v) is 3.67. The van der Waals surface area contributed by atoms with Crippen LogP contribution in [0.15, 0.2) is 65.5 Å². The lowest BCUT2D eigenvalue weighted by molar-refractivity contribution is 0.415. The van der Waals surface area contributed by atoms with E-state index < -0.39 is 0 Å². The Kier molecular flexibility index (Phi) is 4.15. The number of hydrogen-bond donors (Lipinski definition) is 1. The van der Waals surface area contributed by atoms with Gasteiger partial charge in [-0.15, -0.1) is 0 Å². The summed E-state index contributed by atoms with van der Waals surface area (Å²) in [5.41, 5.74) is 3.39. The first-order valence-electron chi connectivity index (χ1n) is 7.23. The smallest absolute Gasteiger partial charge is 0.249 e. The Morgan fingerprint density at radius 3 is 1.74 bits per heavy atom. The van der Waals surface area contributed by atoms with Crippen molar-refractivity contribution in [3.63, 3.8) is 0 Å². The molecule has 3 rings (SSSR count). The molecule has 0 spiro atoms. The van der Waals surface area contributed by atoms with Gasteiger partial charge in [0.15, 0.2) is 0 Å². The van der Waals surface area contributed by atoms with Gasteiger partial charge in [0.05, 0.1) is 14.2 Å². The molecule has 0 aliphatic carbocycles. The van der Waals surface area contributed by atoms with Crippen molar-refractivity contribution in [3.8, 4) is 33.9 Å². The van der Waals surface area contributed by atoms with E-state index >= 15 is 0 Å². The van der Waals surface area contributed by atoms with E-state index in [1.807, 2.05) is 54.6 Å². The van der Waals surface area contributed by atoms with E-state index in [9.17, 15) is 4.79 Å². The zero-order valence-electron chi connectivity index (χ0n) is 13.0. The molecule has 1 heterocycles. The average molecular weight is 307 g/mol. The minimum atomic E-state index is -0.135. The molecule has 0 unspecified atom stereocenters. The van der Waals surface area contributed by atoms with E-state index in [0.29, 0.717) is 0 Å². The number of ether oxygens (including phenoxy) is 2. The van der Waals surface area contributed by atoms with Crippen LogP contribution < -0.4 is 15.0 Å². The molecule has 0 fully saturated rings. The van der Waals surface area contributed by atoms with Crippen molar-refractivity contribution >= 4 is 0 Å². The molecule has 1 N–H and O–H groups in total. The highest BCUT2D eigenvalue weighted by Gasteiger charge is 2.05. The molecular formula is C19H17NO3. The van der Waals surface area contributed by atoms with Gasteiger partial charge in [-0.05, 0) is 59.2 Å². The van der Waals surface area contributed by atoms with Gasteiger partial charge in [0.25, 0.3) is 0 Å². The molecule has 0 saturated heterocycles. The van der Waals surface area contributed by atoms with Crippen LogP contribution >= 0.6 is 0 Å². The third kappa shape index (κ3) is 3.26. The summed E-state index contributed by atoms with van der Waals surface area (Å²) >= 11 is 0. The summed E-state index contributed by atoms with van der Waals surface area (Å²) < 4.78 is 10.3. The lowest BCUT2D eigenvalue weighted by atomic mass is 10.0. The molecule has 0 bridgehead atoms. The molecule has 0 saturated carbocycles. The van der Waals surface area contributed by atoms with Crippen molar-refractivity contribution < 1.29 is 9.47 Å². The molecule has 2 aromatic carbocycles. The number of aromatic amines is 1. The summed E-state index contributed by atoms with van der Waals surface area (Å²) in [6.07, 6.45) is 0. The Morgan fingerprint density at radius 2 is 1.22 bits per heavy atom. The molecule has 4 heteroatoms. The second-order valence-electron chi connectivity index (χ2n) is 5.10. The molecule has 3 aromatic rings. The van der Waals surface area contributed by atoms with Gasteiger partial charge in [-0.25, -0.2) is 0 Å². The van der Waals surface area contributed by atoms with Crippen LogP contribution in [0.2, 0.25) is 0 Å². The van der Waals surface area contributed by atoms with Crippen molar-refractivity contribution in [1.82, 2.24) is 4.98 Å². The number of H-pyrrole nitrogens is 1. The molecule has 1 aromatic heterocycles. The summed E-state index contributed by atoms with van der Waals surface area (Å²) in [5.74, 6) is 1.57. The highest BCUT2D eigenvalue weighted by molar-refractivity contribution is 5.70. The third-order valence-electron chi connectivity index (χ3n) is 3.67. The summed E-state index contributed by atoms with van der Waals surface area (Å²) in [5, 5.41) is 0. The Bertz CT molecular complexity index is 780. The summed E-state index contributed by atoms with van der Waals surface area (Å²) in [6.45, 7) is 0. The Balaban J connectivity index is 2.02. The van der Waals surface area contributed by atoms with Crippen LogP contribution in [0.3, 0.4) is 0 Å².